The number of piperidine rings is 1. The van der Waals surface area contributed by atoms with Crippen molar-refractivity contribution in [1.29, 1.82) is 0 Å². The Morgan fingerprint density at radius 2 is 2.06 bits per heavy atom. The molecule has 2 atom stereocenters. The second kappa shape index (κ2) is 7.34. The molecule has 2 saturated heterocycles. The van der Waals surface area contributed by atoms with Gasteiger partial charge in [0.15, 0.2) is 0 Å². The highest BCUT2D eigenvalue weighted by Crippen LogP contribution is 2.11. The number of nitrogens with zero attached hydrogens (tertiary/aromatic N) is 1. The van der Waals surface area contributed by atoms with Crippen LogP contribution in [0.5, 0.6) is 0 Å². The Morgan fingerprint density at radius 1 is 1.24 bits per heavy atom. The minimum absolute atomic E-state index is 0.662. The van der Waals surface area contributed by atoms with Crippen molar-refractivity contribution in [3.05, 3.63) is 0 Å². The predicted octanol–water partition coefficient (Wildman–Crippen LogP) is 1.59. The van der Waals surface area contributed by atoms with Crippen LogP contribution in [0.4, 0.5) is 0 Å². The molecular weight excluding hydrogens is 210 g/mol. The third kappa shape index (κ3) is 4.94. The van der Waals surface area contributed by atoms with E-state index >= 15 is 0 Å². The maximum atomic E-state index is 3.68. The van der Waals surface area contributed by atoms with Gasteiger partial charge in [-0.2, -0.15) is 0 Å². The Hall–Kier alpha value is -0.120. The van der Waals surface area contributed by atoms with Crippen molar-refractivity contribution in [1.82, 2.24) is 15.5 Å². The quantitative estimate of drug-likeness (QED) is 0.737. The van der Waals surface area contributed by atoms with Gasteiger partial charge in [0, 0.05) is 25.2 Å². The van der Waals surface area contributed by atoms with Gasteiger partial charge in [0.25, 0.3) is 0 Å². The molecule has 0 aliphatic carbocycles. The molecule has 2 fully saturated rings. The molecule has 0 bridgehead atoms. The van der Waals surface area contributed by atoms with Crippen LogP contribution in [-0.4, -0.2) is 49.7 Å². The first-order valence-electron chi connectivity index (χ1n) is 7.54. The Balaban J connectivity index is 1.51. The van der Waals surface area contributed by atoms with Crippen molar-refractivity contribution in [3.8, 4) is 0 Å². The molecule has 0 amide bonds. The van der Waals surface area contributed by atoms with E-state index in [1.807, 2.05) is 0 Å². The summed E-state index contributed by atoms with van der Waals surface area (Å²) >= 11 is 0. The number of rotatable bonds is 6. The molecule has 0 spiro atoms. The van der Waals surface area contributed by atoms with Crippen molar-refractivity contribution >= 4 is 0 Å². The number of hydrogen-bond donors (Lipinski definition) is 2. The summed E-state index contributed by atoms with van der Waals surface area (Å²) in [5.41, 5.74) is 0. The number of likely N-dealkylation sites (tertiary alicyclic amines) is 1. The van der Waals surface area contributed by atoms with Gasteiger partial charge >= 0.3 is 0 Å². The van der Waals surface area contributed by atoms with Crippen molar-refractivity contribution < 1.29 is 0 Å². The summed E-state index contributed by atoms with van der Waals surface area (Å²) in [7, 11) is 0. The Kier molecular flexibility index (Phi) is 5.75. The molecule has 2 heterocycles. The van der Waals surface area contributed by atoms with Crippen LogP contribution in [0.3, 0.4) is 0 Å². The van der Waals surface area contributed by atoms with Gasteiger partial charge in [-0.05, 0) is 58.7 Å². The van der Waals surface area contributed by atoms with Gasteiger partial charge < -0.3 is 15.5 Å². The molecule has 3 nitrogen and oxygen atoms in total. The maximum absolute atomic E-state index is 3.68. The van der Waals surface area contributed by atoms with Crippen LogP contribution in [0.25, 0.3) is 0 Å². The Bertz CT molecular complexity index is 196. The monoisotopic (exact) mass is 239 g/mol. The normalized spacial score (nSPS) is 28.4. The van der Waals surface area contributed by atoms with Crippen LogP contribution in [0, 0.1) is 0 Å². The maximum Gasteiger partial charge on any atom is 0.0107 e. The molecule has 0 radical (unpaired) electrons. The van der Waals surface area contributed by atoms with E-state index in [0.717, 1.165) is 12.6 Å². The van der Waals surface area contributed by atoms with Gasteiger partial charge in [-0.3, -0.25) is 0 Å². The molecule has 0 aromatic rings. The largest absolute Gasteiger partial charge is 0.314 e. The highest BCUT2D eigenvalue weighted by Gasteiger charge is 2.16. The minimum atomic E-state index is 0.662. The molecule has 0 aromatic heterocycles. The minimum Gasteiger partial charge on any atom is -0.314 e. The van der Waals surface area contributed by atoms with Crippen LogP contribution < -0.4 is 10.6 Å². The molecule has 2 aliphatic heterocycles. The fourth-order valence-corrected chi connectivity index (χ4v) is 3.12. The summed E-state index contributed by atoms with van der Waals surface area (Å²) < 4.78 is 0. The topological polar surface area (TPSA) is 27.3 Å². The van der Waals surface area contributed by atoms with E-state index in [1.54, 1.807) is 0 Å². The van der Waals surface area contributed by atoms with Crippen LogP contribution in [-0.2, 0) is 0 Å². The highest BCUT2D eigenvalue weighted by molar-refractivity contribution is 4.78. The summed E-state index contributed by atoms with van der Waals surface area (Å²) in [4.78, 5) is 2.61. The standard InChI is InChI=1S/C14H29N3/c1-13(12-14-6-5-7-16-14)15-8-11-17-9-3-2-4-10-17/h13-16H,2-12H2,1H3. The van der Waals surface area contributed by atoms with Crippen LogP contribution in [0.15, 0.2) is 0 Å². The zero-order chi connectivity index (χ0) is 11.9. The molecular formula is C14H29N3. The van der Waals surface area contributed by atoms with Crippen molar-refractivity contribution in [3.63, 3.8) is 0 Å². The van der Waals surface area contributed by atoms with Gasteiger partial charge in [-0.25, -0.2) is 0 Å². The van der Waals surface area contributed by atoms with E-state index in [9.17, 15) is 0 Å². The summed E-state index contributed by atoms with van der Waals surface area (Å²) in [6, 6.07) is 1.43. The fraction of sp³-hybridized carbons (Fsp3) is 1.00. The smallest absolute Gasteiger partial charge is 0.0107 e. The third-order valence-corrected chi connectivity index (χ3v) is 4.17. The van der Waals surface area contributed by atoms with Crippen molar-refractivity contribution in [2.45, 2.75) is 57.5 Å². The predicted molar refractivity (Wildman–Crippen MR) is 73.4 cm³/mol. The van der Waals surface area contributed by atoms with Gasteiger partial charge in [0.1, 0.15) is 0 Å². The number of hydrogen-bond acceptors (Lipinski definition) is 3. The average molecular weight is 239 g/mol. The molecule has 17 heavy (non-hydrogen) atoms. The van der Waals surface area contributed by atoms with Crippen molar-refractivity contribution in [2.75, 3.05) is 32.7 Å². The van der Waals surface area contributed by atoms with E-state index < -0.39 is 0 Å². The fourth-order valence-electron chi connectivity index (χ4n) is 3.12. The van der Waals surface area contributed by atoms with E-state index in [0.29, 0.717) is 6.04 Å². The van der Waals surface area contributed by atoms with Gasteiger partial charge in [-0.1, -0.05) is 6.42 Å². The lowest BCUT2D eigenvalue weighted by molar-refractivity contribution is 0.225. The first-order valence-corrected chi connectivity index (χ1v) is 7.54. The first-order chi connectivity index (χ1) is 8.34. The average Bonchev–Trinajstić information content (AvgIpc) is 2.83. The summed E-state index contributed by atoms with van der Waals surface area (Å²) in [6.07, 6.45) is 8.28. The SMILES string of the molecule is CC(CC1CCCN1)NCCN1CCCCC1. The summed E-state index contributed by atoms with van der Waals surface area (Å²) in [5.74, 6) is 0. The van der Waals surface area contributed by atoms with Crippen LogP contribution in [0.2, 0.25) is 0 Å². The molecule has 0 aromatic carbocycles. The zero-order valence-corrected chi connectivity index (χ0v) is 11.4. The lowest BCUT2D eigenvalue weighted by Gasteiger charge is -2.27. The lowest BCUT2D eigenvalue weighted by Crippen LogP contribution is -2.40. The molecule has 3 heteroatoms. The molecule has 2 N–H and O–H groups in total. The van der Waals surface area contributed by atoms with Gasteiger partial charge in [0.05, 0.1) is 0 Å². The van der Waals surface area contributed by atoms with Crippen molar-refractivity contribution in [2.24, 2.45) is 0 Å². The lowest BCUT2D eigenvalue weighted by atomic mass is 10.1. The van der Waals surface area contributed by atoms with E-state index in [1.165, 1.54) is 64.7 Å². The van der Waals surface area contributed by atoms with E-state index in [4.69, 9.17) is 0 Å². The molecule has 2 unspecified atom stereocenters. The third-order valence-electron chi connectivity index (χ3n) is 4.17. The Morgan fingerprint density at radius 3 is 2.76 bits per heavy atom. The second-order valence-corrected chi connectivity index (χ2v) is 5.79. The Labute approximate surface area is 106 Å². The van der Waals surface area contributed by atoms with Gasteiger partial charge in [0.2, 0.25) is 0 Å². The van der Waals surface area contributed by atoms with Crippen LogP contribution in [0.1, 0.15) is 45.4 Å². The van der Waals surface area contributed by atoms with Gasteiger partial charge in [-0.15, -0.1) is 0 Å². The summed E-state index contributed by atoms with van der Waals surface area (Å²) in [6.45, 7) is 8.60. The molecule has 0 saturated carbocycles. The zero-order valence-electron chi connectivity index (χ0n) is 11.4. The summed E-state index contributed by atoms with van der Waals surface area (Å²) in [5, 5.41) is 7.25. The van der Waals surface area contributed by atoms with E-state index in [-0.39, 0.29) is 0 Å². The second-order valence-electron chi connectivity index (χ2n) is 5.79. The molecule has 2 aliphatic rings. The molecule has 100 valence electrons. The first kappa shape index (κ1) is 13.3. The molecule has 2 rings (SSSR count). The number of nitrogens with one attached hydrogen (secondary N) is 2. The van der Waals surface area contributed by atoms with E-state index in [2.05, 4.69) is 22.5 Å². The van der Waals surface area contributed by atoms with Crippen LogP contribution >= 0.6 is 0 Å². The highest BCUT2D eigenvalue weighted by atomic mass is 15.1.